The molecule has 0 fully saturated rings. The normalized spacial score (nSPS) is 10.9. The molecule has 2 aromatic carbocycles. The Balaban J connectivity index is 1.56. The predicted molar refractivity (Wildman–Crippen MR) is 102 cm³/mol. The van der Waals surface area contributed by atoms with Crippen LogP contribution in [0.15, 0.2) is 54.7 Å². The summed E-state index contributed by atoms with van der Waals surface area (Å²) in [6.45, 7) is 0.451. The van der Waals surface area contributed by atoms with Crippen molar-refractivity contribution in [2.75, 3.05) is 31.3 Å². The van der Waals surface area contributed by atoms with E-state index in [1.54, 1.807) is 33.8 Å². The van der Waals surface area contributed by atoms with E-state index in [2.05, 4.69) is 15.7 Å². The summed E-state index contributed by atoms with van der Waals surface area (Å²) >= 11 is 0. The Hall–Kier alpha value is -3.19. The molecule has 2 N–H and O–H groups in total. The van der Waals surface area contributed by atoms with Crippen LogP contribution in [0.1, 0.15) is 0 Å². The third-order valence-electron chi connectivity index (χ3n) is 3.68. The van der Waals surface area contributed by atoms with Gasteiger partial charge in [0.15, 0.2) is 0 Å². The minimum atomic E-state index is -0.165. The summed E-state index contributed by atoms with van der Waals surface area (Å²) in [6.07, 6.45) is 1.85. The van der Waals surface area contributed by atoms with Crippen LogP contribution in [0.25, 0.3) is 10.9 Å². The van der Waals surface area contributed by atoms with Gasteiger partial charge in [-0.3, -0.25) is 14.3 Å². The molecule has 26 heavy (non-hydrogen) atoms. The fraction of sp³-hybridized carbons (Fsp3) is 0.211. The topological polar surface area (TPSA) is 79.3 Å². The molecule has 0 saturated carbocycles. The highest BCUT2D eigenvalue weighted by Crippen LogP contribution is 2.14. The van der Waals surface area contributed by atoms with Crippen molar-refractivity contribution in [2.24, 2.45) is 0 Å². The number of nitrogens with zero attached hydrogens (tertiary/aromatic N) is 3. The van der Waals surface area contributed by atoms with E-state index >= 15 is 0 Å². The molecule has 0 atom stereocenters. The molecule has 1 heterocycles. The second-order valence-electron chi connectivity index (χ2n) is 6.30. The predicted octanol–water partition coefficient (Wildman–Crippen LogP) is 2.18. The number of fused-ring (bicyclic) bond motifs is 1. The van der Waals surface area contributed by atoms with E-state index < -0.39 is 0 Å². The Kier molecular flexibility index (Phi) is 5.28. The van der Waals surface area contributed by atoms with Crippen molar-refractivity contribution in [2.45, 2.75) is 6.54 Å². The van der Waals surface area contributed by atoms with Gasteiger partial charge in [-0.2, -0.15) is 5.10 Å². The summed E-state index contributed by atoms with van der Waals surface area (Å²) in [6, 6.07) is 14.7. The van der Waals surface area contributed by atoms with Gasteiger partial charge in [0.2, 0.25) is 11.8 Å². The average molecular weight is 351 g/mol. The molecule has 134 valence electrons. The molecule has 0 bridgehead atoms. The van der Waals surface area contributed by atoms with E-state index in [1.165, 1.54) is 0 Å². The zero-order valence-electron chi connectivity index (χ0n) is 14.8. The average Bonchev–Trinajstić information content (AvgIpc) is 2.97. The lowest BCUT2D eigenvalue weighted by Crippen LogP contribution is -2.27. The fourth-order valence-corrected chi connectivity index (χ4v) is 2.57. The van der Waals surface area contributed by atoms with Crippen molar-refractivity contribution in [1.82, 2.24) is 14.7 Å². The first-order valence-corrected chi connectivity index (χ1v) is 8.26. The number of hydrogen-bond acceptors (Lipinski definition) is 4. The van der Waals surface area contributed by atoms with E-state index in [0.717, 1.165) is 10.9 Å². The van der Waals surface area contributed by atoms with Crippen molar-refractivity contribution < 1.29 is 9.59 Å². The maximum atomic E-state index is 12.2. The van der Waals surface area contributed by atoms with E-state index in [1.807, 2.05) is 44.6 Å². The van der Waals surface area contributed by atoms with Crippen LogP contribution < -0.4 is 10.6 Å². The largest absolute Gasteiger partial charge is 0.325 e. The van der Waals surface area contributed by atoms with Gasteiger partial charge < -0.3 is 15.5 Å². The second kappa shape index (κ2) is 7.79. The number of carbonyl (C=O) groups is 2. The Morgan fingerprint density at radius 2 is 1.58 bits per heavy atom. The Bertz CT molecular complexity index is 882. The van der Waals surface area contributed by atoms with E-state index in [-0.39, 0.29) is 18.4 Å². The lowest BCUT2D eigenvalue weighted by molar-refractivity contribution is -0.117. The highest BCUT2D eigenvalue weighted by Gasteiger charge is 2.07. The minimum absolute atomic E-state index is 0.0856. The standard InChI is InChI=1S/C19H21N5O2/c1-23(2)12-18(25)20-15-7-9-16(10-8-15)21-19(26)13-24-11-14-5-3-4-6-17(14)22-24/h3-11H,12-13H2,1-2H3,(H,20,25)(H,21,26). The molecule has 1 aromatic heterocycles. The Labute approximate surface area is 151 Å². The van der Waals surface area contributed by atoms with Crippen LogP contribution in [0, 0.1) is 0 Å². The molecule has 0 spiro atoms. The molecular weight excluding hydrogens is 330 g/mol. The second-order valence-corrected chi connectivity index (χ2v) is 6.30. The summed E-state index contributed by atoms with van der Waals surface area (Å²) in [4.78, 5) is 25.7. The number of carbonyl (C=O) groups excluding carboxylic acids is 2. The zero-order chi connectivity index (χ0) is 18.5. The summed E-state index contributed by atoms with van der Waals surface area (Å²) in [5.74, 6) is -0.250. The lowest BCUT2D eigenvalue weighted by Gasteiger charge is -2.11. The van der Waals surface area contributed by atoms with Crippen LogP contribution >= 0.6 is 0 Å². The summed E-state index contributed by atoms with van der Waals surface area (Å²) in [7, 11) is 3.67. The molecular formula is C19H21N5O2. The maximum Gasteiger partial charge on any atom is 0.246 e. The fourth-order valence-electron chi connectivity index (χ4n) is 2.57. The van der Waals surface area contributed by atoms with E-state index in [9.17, 15) is 9.59 Å². The van der Waals surface area contributed by atoms with Crippen molar-refractivity contribution in [3.63, 3.8) is 0 Å². The first kappa shape index (κ1) is 17.6. The van der Waals surface area contributed by atoms with Crippen LogP contribution in [-0.4, -0.2) is 47.1 Å². The number of nitrogens with one attached hydrogen (secondary N) is 2. The number of benzene rings is 2. The quantitative estimate of drug-likeness (QED) is 0.713. The van der Waals surface area contributed by atoms with Crippen LogP contribution in [0.4, 0.5) is 11.4 Å². The molecule has 2 amide bonds. The number of aromatic nitrogens is 2. The molecule has 0 aliphatic carbocycles. The molecule has 0 radical (unpaired) electrons. The summed E-state index contributed by atoms with van der Waals surface area (Å²) < 4.78 is 1.62. The minimum Gasteiger partial charge on any atom is -0.325 e. The highest BCUT2D eigenvalue weighted by molar-refractivity contribution is 5.93. The Morgan fingerprint density at radius 1 is 0.962 bits per heavy atom. The highest BCUT2D eigenvalue weighted by atomic mass is 16.2. The van der Waals surface area contributed by atoms with Gasteiger partial charge in [0, 0.05) is 23.0 Å². The monoisotopic (exact) mass is 351 g/mol. The van der Waals surface area contributed by atoms with Crippen LogP contribution in [0.3, 0.4) is 0 Å². The van der Waals surface area contributed by atoms with Crippen molar-refractivity contribution in [3.8, 4) is 0 Å². The maximum absolute atomic E-state index is 12.2. The number of anilines is 2. The molecule has 3 aromatic rings. The Morgan fingerprint density at radius 3 is 2.19 bits per heavy atom. The van der Waals surface area contributed by atoms with Gasteiger partial charge in [0.05, 0.1) is 12.1 Å². The molecule has 0 saturated heterocycles. The number of rotatable bonds is 6. The van der Waals surface area contributed by atoms with Crippen LogP contribution in [0.2, 0.25) is 0 Å². The third-order valence-corrected chi connectivity index (χ3v) is 3.68. The van der Waals surface area contributed by atoms with Gasteiger partial charge >= 0.3 is 0 Å². The van der Waals surface area contributed by atoms with E-state index in [4.69, 9.17) is 0 Å². The van der Waals surface area contributed by atoms with Crippen molar-refractivity contribution in [1.29, 1.82) is 0 Å². The van der Waals surface area contributed by atoms with Gasteiger partial charge in [-0.05, 0) is 44.4 Å². The molecule has 3 rings (SSSR count). The SMILES string of the molecule is CN(C)CC(=O)Nc1ccc(NC(=O)Cn2cc3ccccc3n2)cc1. The van der Waals surface area contributed by atoms with E-state index in [0.29, 0.717) is 17.9 Å². The zero-order valence-corrected chi connectivity index (χ0v) is 14.8. The van der Waals surface area contributed by atoms with Gasteiger partial charge in [-0.15, -0.1) is 0 Å². The molecule has 7 heteroatoms. The molecule has 0 aliphatic heterocycles. The van der Waals surface area contributed by atoms with Crippen LogP contribution in [0.5, 0.6) is 0 Å². The molecule has 0 aliphatic rings. The smallest absolute Gasteiger partial charge is 0.246 e. The van der Waals surface area contributed by atoms with Gasteiger partial charge in [-0.25, -0.2) is 0 Å². The molecule has 0 unspecified atom stereocenters. The lowest BCUT2D eigenvalue weighted by atomic mass is 10.2. The number of likely N-dealkylation sites (N-methyl/N-ethyl adjacent to an activating group) is 1. The van der Waals surface area contributed by atoms with Crippen molar-refractivity contribution in [3.05, 3.63) is 54.7 Å². The summed E-state index contributed by atoms with van der Waals surface area (Å²) in [5.41, 5.74) is 2.21. The van der Waals surface area contributed by atoms with Crippen molar-refractivity contribution >= 4 is 34.1 Å². The first-order valence-electron chi connectivity index (χ1n) is 8.26. The first-order chi connectivity index (χ1) is 12.5. The van der Waals surface area contributed by atoms with Crippen LogP contribution in [-0.2, 0) is 16.1 Å². The number of hydrogen-bond donors (Lipinski definition) is 2. The third kappa shape index (κ3) is 4.67. The molecule has 7 nitrogen and oxygen atoms in total. The number of amides is 2. The van der Waals surface area contributed by atoms with Gasteiger partial charge in [0.1, 0.15) is 6.54 Å². The summed E-state index contributed by atoms with van der Waals surface area (Å²) in [5, 5.41) is 11.0. The van der Waals surface area contributed by atoms with Gasteiger partial charge in [0.25, 0.3) is 0 Å². The van der Waals surface area contributed by atoms with Gasteiger partial charge in [-0.1, -0.05) is 18.2 Å².